The van der Waals surface area contributed by atoms with E-state index >= 15 is 0 Å². The zero-order chi connectivity index (χ0) is 26.2. The molecule has 0 radical (unpaired) electrons. The van der Waals surface area contributed by atoms with Crippen molar-refractivity contribution in [3.8, 4) is 22.8 Å². The molecule has 1 aromatic heterocycles. The molecule has 2 aromatic carbocycles. The lowest BCUT2D eigenvalue weighted by Gasteiger charge is -2.29. The lowest BCUT2D eigenvalue weighted by molar-refractivity contribution is 0.121. The second kappa shape index (κ2) is 9.95. The van der Waals surface area contributed by atoms with Crippen LogP contribution in [0.3, 0.4) is 0 Å². The normalized spacial score (nSPS) is 12.9. The van der Waals surface area contributed by atoms with E-state index in [0.717, 1.165) is 27.7 Å². The van der Waals surface area contributed by atoms with E-state index in [1.54, 1.807) is 24.3 Å². The van der Waals surface area contributed by atoms with Crippen molar-refractivity contribution in [3.63, 3.8) is 0 Å². The number of rotatable bonds is 10. The first-order valence-electron chi connectivity index (χ1n) is 10.9. The number of nitrogens with one attached hydrogen (secondary N) is 1. The summed E-state index contributed by atoms with van der Waals surface area (Å²) in [5, 5.41) is 30.6. The van der Waals surface area contributed by atoms with Gasteiger partial charge in [-0.1, -0.05) is 0 Å². The summed E-state index contributed by atoms with van der Waals surface area (Å²) in [7, 11) is -10.9. The highest BCUT2D eigenvalue weighted by atomic mass is 31.2. The SMILES string of the molecule is CCn1c(-c2ccc(O)cc2)c(C)c2cc(NCCCCC(O)(P(=O)(O)O)P(=O)(O)O)c(O)cc21. The third kappa shape index (κ3) is 5.27. The van der Waals surface area contributed by atoms with Crippen molar-refractivity contribution < 1.29 is 44.0 Å². The molecule has 35 heavy (non-hydrogen) atoms. The molecule has 0 aliphatic carbocycles. The first kappa shape index (κ1) is 27.2. The summed E-state index contributed by atoms with van der Waals surface area (Å²) in [4.78, 5) is 36.9. The van der Waals surface area contributed by atoms with E-state index in [1.165, 1.54) is 0 Å². The summed E-state index contributed by atoms with van der Waals surface area (Å²) in [6.45, 7) is 4.82. The van der Waals surface area contributed by atoms with Crippen LogP contribution < -0.4 is 5.32 Å². The molecule has 0 amide bonds. The van der Waals surface area contributed by atoms with Crippen molar-refractivity contribution >= 4 is 31.8 Å². The van der Waals surface area contributed by atoms with E-state index in [9.17, 15) is 44.0 Å². The molecule has 0 bridgehead atoms. The van der Waals surface area contributed by atoms with E-state index in [4.69, 9.17) is 0 Å². The standard InChI is InChI=1S/C22H30N2O9P2/c1-3-24-19-13-20(26)18(12-17(19)14(2)21(24)15-6-8-16(25)9-7-15)23-11-5-4-10-22(27,34(28,29)30)35(31,32)33/h6-9,12-13,23,25-27H,3-5,10-11H2,1-2H3,(H2,28,29,30)(H2,31,32,33). The number of unbranched alkanes of at least 4 members (excludes halogenated alkanes) is 1. The van der Waals surface area contributed by atoms with E-state index in [0.29, 0.717) is 12.2 Å². The number of benzene rings is 2. The molecule has 192 valence electrons. The quantitative estimate of drug-likeness (QED) is 0.109. The minimum absolute atomic E-state index is 0.0103. The largest absolute Gasteiger partial charge is 0.508 e. The highest BCUT2D eigenvalue weighted by molar-refractivity contribution is 7.72. The fourth-order valence-electron chi connectivity index (χ4n) is 4.18. The Morgan fingerprint density at radius 2 is 1.57 bits per heavy atom. The van der Waals surface area contributed by atoms with Gasteiger partial charge in [-0.3, -0.25) is 9.13 Å². The number of phenols is 2. The second-order valence-corrected chi connectivity index (χ2v) is 12.4. The molecule has 0 fully saturated rings. The Hall–Kier alpha value is -2.36. The Labute approximate surface area is 202 Å². The number of phenolic OH excluding ortho intramolecular Hbond substituents is 2. The lowest BCUT2D eigenvalue weighted by Crippen LogP contribution is -2.28. The molecular formula is C22H30N2O9P2. The van der Waals surface area contributed by atoms with Crippen molar-refractivity contribution in [1.29, 1.82) is 0 Å². The molecule has 1 heterocycles. The number of aromatic hydroxyl groups is 2. The van der Waals surface area contributed by atoms with Crippen LogP contribution in [0.2, 0.25) is 0 Å². The molecule has 0 saturated heterocycles. The van der Waals surface area contributed by atoms with Crippen LogP contribution in [-0.4, -0.2) is 51.1 Å². The molecule has 0 aliphatic rings. The Kier molecular flexibility index (Phi) is 7.74. The molecule has 8 N–H and O–H groups in total. The molecule has 0 aliphatic heterocycles. The van der Waals surface area contributed by atoms with Crippen LogP contribution in [0.1, 0.15) is 31.7 Å². The maximum Gasteiger partial charge on any atom is 0.369 e. The van der Waals surface area contributed by atoms with Gasteiger partial charge in [0.15, 0.2) is 0 Å². The van der Waals surface area contributed by atoms with Gasteiger partial charge in [-0.25, -0.2) is 0 Å². The van der Waals surface area contributed by atoms with Crippen LogP contribution in [0.15, 0.2) is 36.4 Å². The molecule has 0 unspecified atom stereocenters. The minimum atomic E-state index is -5.47. The summed E-state index contributed by atoms with van der Waals surface area (Å²) < 4.78 is 25.0. The molecule has 0 saturated carbocycles. The topological polar surface area (TPSA) is 193 Å². The Balaban J connectivity index is 1.79. The van der Waals surface area contributed by atoms with Crippen molar-refractivity contribution in [3.05, 3.63) is 42.0 Å². The average molecular weight is 528 g/mol. The van der Waals surface area contributed by atoms with Crippen LogP contribution in [0.4, 0.5) is 5.69 Å². The minimum Gasteiger partial charge on any atom is -0.508 e. The van der Waals surface area contributed by atoms with E-state index in [2.05, 4.69) is 9.88 Å². The predicted octanol–water partition coefficient (Wildman–Crippen LogP) is 3.63. The fourth-order valence-corrected chi connectivity index (χ4v) is 6.44. The zero-order valence-electron chi connectivity index (χ0n) is 19.3. The molecule has 3 rings (SSSR count). The van der Waals surface area contributed by atoms with Crippen LogP contribution in [0, 0.1) is 6.92 Å². The van der Waals surface area contributed by atoms with Gasteiger partial charge in [-0.05, 0) is 74.6 Å². The molecule has 0 spiro atoms. The van der Waals surface area contributed by atoms with Crippen LogP contribution >= 0.6 is 15.2 Å². The zero-order valence-corrected chi connectivity index (χ0v) is 21.1. The first-order valence-corrected chi connectivity index (χ1v) is 14.2. The first-order chi connectivity index (χ1) is 16.2. The smallest absolute Gasteiger partial charge is 0.369 e. The van der Waals surface area contributed by atoms with Crippen molar-refractivity contribution in [1.82, 2.24) is 4.57 Å². The number of aliphatic hydroxyl groups is 1. The monoisotopic (exact) mass is 528 g/mol. The lowest BCUT2D eigenvalue weighted by atomic mass is 10.1. The number of aryl methyl sites for hydroxylation is 2. The molecule has 0 atom stereocenters. The fraction of sp³-hybridized carbons (Fsp3) is 0.364. The highest BCUT2D eigenvalue weighted by Gasteiger charge is 2.58. The van der Waals surface area contributed by atoms with Gasteiger partial charge in [0.25, 0.3) is 5.08 Å². The van der Waals surface area contributed by atoms with Gasteiger partial charge in [0.2, 0.25) is 0 Å². The van der Waals surface area contributed by atoms with Crippen molar-refractivity contribution in [2.75, 3.05) is 11.9 Å². The molecule has 13 heteroatoms. The third-order valence-electron chi connectivity index (χ3n) is 6.08. The maximum atomic E-state index is 11.4. The van der Waals surface area contributed by atoms with Gasteiger partial charge in [0.1, 0.15) is 11.5 Å². The third-order valence-corrected chi connectivity index (χ3v) is 9.95. The second-order valence-electron chi connectivity index (χ2n) is 8.40. The van der Waals surface area contributed by atoms with Crippen molar-refractivity contribution in [2.24, 2.45) is 0 Å². The van der Waals surface area contributed by atoms with Crippen LogP contribution in [0.25, 0.3) is 22.2 Å². The number of hydrogen-bond donors (Lipinski definition) is 8. The Morgan fingerprint density at radius 1 is 0.971 bits per heavy atom. The van der Waals surface area contributed by atoms with Gasteiger partial charge in [0, 0.05) is 24.5 Å². The number of hydrogen-bond acceptors (Lipinski definition) is 6. The Morgan fingerprint density at radius 3 is 2.11 bits per heavy atom. The van der Waals surface area contributed by atoms with E-state index in [-0.39, 0.29) is 30.9 Å². The van der Waals surface area contributed by atoms with Gasteiger partial charge in [0.05, 0.1) is 16.9 Å². The molecule has 11 nitrogen and oxygen atoms in total. The number of anilines is 1. The number of fused-ring (bicyclic) bond motifs is 1. The van der Waals surface area contributed by atoms with Gasteiger partial charge < -0.3 is 44.8 Å². The van der Waals surface area contributed by atoms with Crippen LogP contribution in [0.5, 0.6) is 11.5 Å². The van der Waals surface area contributed by atoms with Crippen LogP contribution in [-0.2, 0) is 15.7 Å². The summed E-state index contributed by atoms with van der Waals surface area (Å²) >= 11 is 0. The number of nitrogens with zero attached hydrogens (tertiary/aromatic N) is 1. The highest BCUT2D eigenvalue weighted by Crippen LogP contribution is 2.69. The summed E-state index contributed by atoms with van der Waals surface area (Å²) in [5.41, 5.74) is 4.09. The maximum absolute atomic E-state index is 11.4. The molecule has 3 aromatic rings. The van der Waals surface area contributed by atoms with E-state index < -0.39 is 26.7 Å². The predicted molar refractivity (Wildman–Crippen MR) is 132 cm³/mol. The van der Waals surface area contributed by atoms with Crippen molar-refractivity contribution in [2.45, 2.75) is 44.7 Å². The Bertz CT molecular complexity index is 1290. The van der Waals surface area contributed by atoms with Gasteiger partial charge in [-0.2, -0.15) is 0 Å². The average Bonchev–Trinajstić information content (AvgIpc) is 3.03. The summed E-state index contributed by atoms with van der Waals surface area (Å²) in [6, 6.07) is 10.3. The molecular weight excluding hydrogens is 498 g/mol. The van der Waals surface area contributed by atoms with Gasteiger partial charge in [-0.15, -0.1) is 0 Å². The summed E-state index contributed by atoms with van der Waals surface area (Å²) in [6.07, 6.45) is -0.658. The summed E-state index contributed by atoms with van der Waals surface area (Å²) in [5.74, 6) is 0.151. The van der Waals surface area contributed by atoms with Gasteiger partial charge >= 0.3 is 15.2 Å². The van der Waals surface area contributed by atoms with E-state index in [1.807, 2.05) is 26.0 Å². The number of aromatic nitrogens is 1.